The maximum Gasteiger partial charge on any atom is 0.163 e. The molecule has 0 saturated carbocycles. The molecule has 2 saturated heterocycles. The van der Waals surface area contributed by atoms with Crippen molar-refractivity contribution in [2.45, 2.75) is 44.6 Å². The van der Waals surface area contributed by atoms with Gasteiger partial charge in [0, 0.05) is 6.04 Å². The first kappa shape index (κ1) is 12.2. The van der Waals surface area contributed by atoms with E-state index in [9.17, 15) is 0 Å². The largest absolute Gasteiger partial charge is 0.347 e. The minimum atomic E-state index is -0.448. The molecule has 1 aromatic carbocycles. The molecule has 3 heteroatoms. The molecule has 2 aliphatic heterocycles. The summed E-state index contributed by atoms with van der Waals surface area (Å²) in [6.07, 6.45) is 2.60. The molecule has 18 heavy (non-hydrogen) atoms. The van der Waals surface area contributed by atoms with Gasteiger partial charge in [-0.1, -0.05) is 24.3 Å². The lowest BCUT2D eigenvalue weighted by Crippen LogP contribution is -2.19. The Hall–Kier alpha value is -0.900. The van der Waals surface area contributed by atoms with Crippen LogP contribution in [-0.4, -0.2) is 18.9 Å². The van der Waals surface area contributed by atoms with Gasteiger partial charge in [-0.3, -0.25) is 0 Å². The van der Waals surface area contributed by atoms with Crippen LogP contribution < -0.4 is 5.32 Å². The van der Waals surface area contributed by atoms with Crippen LogP contribution in [0.25, 0.3) is 0 Å². The third-order valence-corrected chi connectivity index (χ3v) is 3.78. The lowest BCUT2D eigenvalue weighted by molar-refractivity contribution is -0.139. The summed E-state index contributed by atoms with van der Waals surface area (Å²) in [4.78, 5) is 0. The minimum Gasteiger partial charge on any atom is -0.347 e. The lowest BCUT2D eigenvalue weighted by atomic mass is 10.0. The molecule has 1 N–H and O–H groups in total. The van der Waals surface area contributed by atoms with Gasteiger partial charge in [-0.15, -0.1) is 0 Å². The van der Waals surface area contributed by atoms with Crippen molar-refractivity contribution in [2.24, 2.45) is 0 Å². The van der Waals surface area contributed by atoms with Crippen molar-refractivity contribution < 1.29 is 9.47 Å². The lowest BCUT2D eigenvalue weighted by Gasteiger charge is -2.17. The fourth-order valence-electron chi connectivity index (χ4n) is 2.76. The summed E-state index contributed by atoms with van der Waals surface area (Å²) in [5, 5.41) is 3.52. The van der Waals surface area contributed by atoms with Crippen LogP contribution in [0.4, 0.5) is 0 Å². The summed E-state index contributed by atoms with van der Waals surface area (Å²) in [6.45, 7) is 5.71. The van der Waals surface area contributed by atoms with E-state index in [2.05, 4.69) is 29.6 Å². The van der Waals surface area contributed by atoms with E-state index in [1.54, 1.807) is 0 Å². The molecule has 2 unspecified atom stereocenters. The topological polar surface area (TPSA) is 30.5 Å². The summed E-state index contributed by atoms with van der Waals surface area (Å²) in [6, 6.07) is 9.31. The second-order valence-electron chi connectivity index (χ2n) is 5.63. The summed E-state index contributed by atoms with van der Waals surface area (Å²) in [5.41, 5.74) is 2.59. The van der Waals surface area contributed by atoms with E-state index in [-0.39, 0.29) is 6.10 Å². The number of benzene rings is 1. The van der Waals surface area contributed by atoms with Crippen molar-refractivity contribution in [3.63, 3.8) is 0 Å². The van der Waals surface area contributed by atoms with Crippen LogP contribution in [0, 0.1) is 0 Å². The smallest absolute Gasteiger partial charge is 0.163 e. The molecule has 2 fully saturated rings. The summed E-state index contributed by atoms with van der Waals surface area (Å²) in [7, 11) is 0. The molecule has 2 heterocycles. The molecular weight excluding hydrogens is 226 g/mol. The van der Waals surface area contributed by atoms with E-state index in [4.69, 9.17) is 9.47 Å². The molecule has 1 aromatic rings. The van der Waals surface area contributed by atoms with E-state index in [1.165, 1.54) is 24.0 Å². The third kappa shape index (κ3) is 2.44. The first-order chi connectivity index (χ1) is 8.64. The normalized spacial score (nSPS) is 30.8. The van der Waals surface area contributed by atoms with Crippen molar-refractivity contribution in [1.29, 1.82) is 0 Å². The van der Waals surface area contributed by atoms with Gasteiger partial charge in [-0.25, -0.2) is 0 Å². The number of nitrogens with one attached hydrogen (secondary N) is 1. The van der Waals surface area contributed by atoms with Crippen LogP contribution in [0.5, 0.6) is 0 Å². The molecule has 0 aliphatic carbocycles. The SMILES string of the molecule is CC1(C)OCC(c2ccc(C3CCCN3)cc2)O1. The van der Waals surface area contributed by atoms with Gasteiger partial charge >= 0.3 is 0 Å². The molecule has 0 radical (unpaired) electrons. The third-order valence-electron chi connectivity index (χ3n) is 3.78. The highest BCUT2D eigenvalue weighted by Crippen LogP contribution is 2.33. The predicted molar refractivity (Wildman–Crippen MR) is 70.3 cm³/mol. The first-order valence-corrected chi connectivity index (χ1v) is 6.79. The molecule has 3 rings (SSSR count). The number of rotatable bonds is 2. The van der Waals surface area contributed by atoms with Crippen molar-refractivity contribution in [1.82, 2.24) is 5.32 Å². The van der Waals surface area contributed by atoms with Gasteiger partial charge < -0.3 is 14.8 Å². The van der Waals surface area contributed by atoms with Crippen LogP contribution >= 0.6 is 0 Å². The van der Waals surface area contributed by atoms with Gasteiger partial charge in [0.15, 0.2) is 5.79 Å². The molecule has 2 atom stereocenters. The number of hydrogen-bond acceptors (Lipinski definition) is 3. The van der Waals surface area contributed by atoms with Gasteiger partial charge in [0.05, 0.1) is 6.61 Å². The van der Waals surface area contributed by atoms with Crippen LogP contribution in [0.2, 0.25) is 0 Å². The molecule has 2 aliphatic rings. The Balaban J connectivity index is 1.71. The molecule has 0 aromatic heterocycles. The summed E-state index contributed by atoms with van der Waals surface area (Å²) < 4.78 is 11.5. The van der Waals surface area contributed by atoms with Gasteiger partial charge in [-0.05, 0) is 44.4 Å². The zero-order valence-electron chi connectivity index (χ0n) is 11.1. The quantitative estimate of drug-likeness (QED) is 0.871. The monoisotopic (exact) mass is 247 g/mol. The van der Waals surface area contributed by atoms with Crippen molar-refractivity contribution in [3.05, 3.63) is 35.4 Å². The van der Waals surface area contributed by atoms with Crippen molar-refractivity contribution >= 4 is 0 Å². The Bertz CT molecular complexity index is 407. The van der Waals surface area contributed by atoms with E-state index >= 15 is 0 Å². The average Bonchev–Trinajstić information content (AvgIpc) is 2.98. The maximum absolute atomic E-state index is 5.86. The fraction of sp³-hybridized carbons (Fsp3) is 0.600. The first-order valence-electron chi connectivity index (χ1n) is 6.79. The van der Waals surface area contributed by atoms with Crippen LogP contribution in [0.1, 0.15) is 50.0 Å². The Kier molecular flexibility index (Phi) is 3.14. The Morgan fingerprint density at radius 2 is 1.89 bits per heavy atom. The van der Waals surface area contributed by atoms with Crippen molar-refractivity contribution in [2.75, 3.05) is 13.2 Å². The molecule has 3 nitrogen and oxygen atoms in total. The fourth-order valence-corrected chi connectivity index (χ4v) is 2.76. The highest BCUT2D eigenvalue weighted by atomic mass is 16.7. The van der Waals surface area contributed by atoms with Gasteiger partial charge in [-0.2, -0.15) is 0 Å². The Morgan fingerprint density at radius 3 is 2.44 bits per heavy atom. The molecule has 0 bridgehead atoms. The van der Waals surface area contributed by atoms with Crippen LogP contribution in [0.15, 0.2) is 24.3 Å². The van der Waals surface area contributed by atoms with E-state index in [0.717, 1.165) is 6.54 Å². The van der Waals surface area contributed by atoms with Crippen LogP contribution in [0.3, 0.4) is 0 Å². The Morgan fingerprint density at radius 1 is 1.17 bits per heavy atom. The zero-order valence-corrected chi connectivity index (χ0v) is 11.1. The highest BCUT2D eigenvalue weighted by Gasteiger charge is 2.33. The van der Waals surface area contributed by atoms with Crippen molar-refractivity contribution in [3.8, 4) is 0 Å². The number of hydrogen-bond donors (Lipinski definition) is 1. The second kappa shape index (κ2) is 4.65. The van der Waals surface area contributed by atoms with E-state index in [0.29, 0.717) is 12.6 Å². The zero-order chi connectivity index (χ0) is 12.6. The van der Waals surface area contributed by atoms with Gasteiger partial charge in [0.25, 0.3) is 0 Å². The highest BCUT2D eigenvalue weighted by molar-refractivity contribution is 5.27. The van der Waals surface area contributed by atoms with Gasteiger partial charge in [0.1, 0.15) is 6.10 Å². The average molecular weight is 247 g/mol. The number of ether oxygens (including phenoxy) is 2. The van der Waals surface area contributed by atoms with E-state index in [1.807, 2.05) is 13.8 Å². The second-order valence-corrected chi connectivity index (χ2v) is 5.63. The minimum absolute atomic E-state index is 0.0746. The molecular formula is C15H21NO2. The van der Waals surface area contributed by atoms with Crippen LogP contribution in [-0.2, 0) is 9.47 Å². The van der Waals surface area contributed by atoms with Gasteiger partial charge in [0.2, 0.25) is 0 Å². The van der Waals surface area contributed by atoms with E-state index < -0.39 is 5.79 Å². The predicted octanol–water partition coefficient (Wildman–Crippen LogP) is 2.94. The summed E-state index contributed by atoms with van der Waals surface area (Å²) >= 11 is 0. The maximum atomic E-state index is 5.86. The molecule has 0 amide bonds. The standard InChI is InChI=1S/C15H21NO2/c1-15(2)17-10-14(18-15)12-7-5-11(6-8-12)13-4-3-9-16-13/h5-8,13-14,16H,3-4,9-10H2,1-2H3. The molecule has 98 valence electrons. The molecule has 0 spiro atoms. The summed E-state index contributed by atoms with van der Waals surface area (Å²) in [5.74, 6) is -0.448. The Labute approximate surface area is 108 Å².